The fourth-order valence-corrected chi connectivity index (χ4v) is 7.77. The zero-order valence-corrected chi connectivity index (χ0v) is 29.8. The lowest BCUT2D eigenvalue weighted by molar-refractivity contribution is -0.0907. The maximum atomic E-state index is 14.2. The number of aliphatic hydroxyl groups is 1. The van der Waals surface area contributed by atoms with Gasteiger partial charge >= 0.3 is 12.2 Å². The molecule has 2 aromatic rings. The van der Waals surface area contributed by atoms with Gasteiger partial charge in [-0.3, -0.25) is 0 Å². The summed E-state index contributed by atoms with van der Waals surface area (Å²) in [6.45, 7) is 8.22. The minimum Gasteiger partial charge on any atom is -0.497 e. The lowest BCUT2D eigenvalue weighted by Gasteiger charge is -2.35. The summed E-state index contributed by atoms with van der Waals surface area (Å²) >= 11 is 0. The van der Waals surface area contributed by atoms with E-state index < -0.39 is 52.2 Å². The first kappa shape index (κ1) is 38.4. The number of rotatable bonds is 17. The number of methoxy groups -OCH3 is 1. The Kier molecular flexibility index (Phi) is 13.7. The van der Waals surface area contributed by atoms with Crippen molar-refractivity contribution in [3.05, 3.63) is 60.2 Å². The molecule has 14 heteroatoms. The van der Waals surface area contributed by atoms with E-state index in [2.05, 4.69) is 10.6 Å². The summed E-state index contributed by atoms with van der Waals surface area (Å²) < 4.78 is 57.0. The van der Waals surface area contributed by atoms with Crippen LogP contribution >= 0.6 is 0 Å². The van der Waals surface area contributed by atoms with Crippen molar-refractivity contribution in [2.75, 3.05) is 40.0 Å². The highest BCUT2D eigenvalue weighted by Gasteiger charge is 2.44. The second-order valence-electron chi connectivity index (χ2n) is 13.6. The highest BCUT2D eigenvalue weighted by atomic mass is 32.2. The number of fused-ring (bicyclic) bond motifs is 1. The van der Waals surface area contributed by atoms with Crippen LogP contribution in [0.3, 0.4) is 0 Å². The molecule has 0 saturated carbocycles. The van der Waals surface area contributed by atoms with Gasteiger partial charge in [-0.2, -0.15) is 4.31 Å². The van der Waals surface area contributed by atoms with Gasteiger partial charge in [0.15, 0.2) is 6.29 Å². The fourth-order valence-electron chi connectivity index (χ4n) is 6.09. The molecule has 13 nitrogen and oxygen atoms in total. The van der Waals surface area contributed by atoms with Crippen LogP contribution in [0.5, 0.6) is 5.75 Å². The first-order valence-corrected chi connectivity index (χ1v) is 18.2. The molecular weight excluding hydrogens is 654 g/mol. The second kappa shape index (κ2) is 17.5. The molecule has 2 heterocycles. The number of carbonyl (C=O) groups is 2. The van der Waals surface area contributed by atoms with Crippen LogP contribution in [0.2, 0.25) is 0 Å². The second-order valence-corrected chi connectivity index (χ2v) is 15.5. The quantitative estimate of drug-likeness (QED) is 0.205. The third-order valence-corrected chi connectivity index (χ3v) is 10.4. The third kappa shape index (κ3) is 11.3. The molecule has 2 saturated heterocycles. The Morgan fingerprint density at radius 3 is 2.55 bits per heavy atom. The summed E-state index contributed by atoms with van der Waals surface area (Å²) in [5.74, 6) is 0.308. The molecule has 5 atom stereocenters. The molecule has 2 amide bonds. The van der Waals surface area contributed by atoms with Crippen molar-refractivity contribution in [1.29, 1.82) is 0 Å². The van der Waals surface area contributed by atoms with E-state index in [1.54, 1.807) is 26.0 Å². The average Bonchev–Trinajstić information content (AvgIpc) is 3.68. The Balaban J connectivity index is 1.53. The van der Waals surface area contributed by atoms with Crippen LogP contribution < -0.4 is 15.4 Å². The Labute approximate surface area is 289 Å². The van der Waals surface area contributed by atoms with Crippen molar-refractivity contribution in [3.63, 3.8) is 0 Å². The van der Waals surface area contributed by atoms with Crippen LogP contribution in [0.1, 0.15) is 52.5 Å². The minimum atomic E-state index is -4.15. The monoisotopic (exact) mass is 705 g/mol. The van der Waals surface area contributed by atoms with E-state index in [4.69, 9.17) is 23.7 Å². The van der Waals surface area contributed by atoms with E-state index in [1.165, 1.54) is 23.5 Å². The Bertz CT molecular complexity index is 1470. The molecule has 2 aliphatic heterocycles. The SMILES string of the molecule is COc1cccc(S(=O)(=O)N(C[C@@H](O)[C@H](Cc2ccccc2)NC(=O)O[C@H]2CO[C@H]3OCC[C@H]32)CC(C)(C)CCCNC(=O)OC(C)C)c1. The van der Waals surface area contributed by atoms with Gasteiger partial charge in [-0.05, 0) is 62.6 Å². The molecule has 3 N–H and O–H groups in total. The number of nitrogens with one attached hydrogen (secondary N) is 2. The van der Waals surface area contributed by atoms with Crippen LogP contribution in [0.15, 0.2) is 59.5 Å². The number of carbonyl (C=O) groups excluding carboxylic acids is 2. The number of hydrogen-bond acceptors (Lipinski definition) is 10. The van der Waals surface area contributed by atoms with E-state index in [1.807, 2.05) is 44.2 Å². The number of amides is 2. The van der Waals surface area contributed by atoms with Gasteiger partial charge in [-0.25, -0.2) is 18.0 Å². The van der Waals surface area contributed by atoms with Crippen molar-refractivity contribution in [2.45, 2.75) is 88.9 Å². The first-order valence-electron chi connectivity index (χ1n) is 16.8. The van der Waals surface area contributed by atoms with Crippen molar-refractivity contribution >= 4 is 22.2 Å². The largest absolute Gasteiger partial charge is 0.497 e. The predicted molar refractivity (Wildman–Crippen MR) is 182 cm³/mol. The van der Waals surface area contributed by atoms with Crippen LogP contribution in [0, 0.1) is 11.3 Å². The molecule has 2 aliphatic rings. The van der Waals surface area contributed by atoms with E-state index in [9.17, 15) is 23.1 Å². The van der Waals surface area contributed by atoms with Gasteiger partial charge in [0.05, 0.1) is 49.4 Å². The molecule has 0 radical (unpaired) electrons. The molecule has 49 heavy (non-hydrogen) atoms. The molecule has 2 fully saturated rings. The summed E-state index contributed by atoms with van der Waals surface area (Å²) in [5.41, 5.74) is 0.269. The Morgan fingerprint density at radius 2 is 1.84 bits per heavy atom. The standard InChI is InChI=1S/C35H51N3O10S/c1-24(2)47-33(40)36-17-10-16-35(3,4)23-38(49(42,43)27-14-9-13-26(20-27)44-5)21-30(39)29(19-25-11-7-6-8-12-25)37-34(41)48-31-22-46-32-28(31)15-18-45-32/h6-9,11-14,20,24,28-32,39H,10,15-19,21-23H2,1-5H3,(H,36,40)(H,37,41)/t28-,29-,30+,31-,32+/m0/s1. The van der Waals surface area contributed by atoms with Gasteiger partial charge in [0.2, 0.25) is 10.0 Å². The molecule has 272 valence electrons. The van der Waals surface area contributed by atoms with E-state index in [0.717, 1.165) is 5.56 Å². The molecule has 0 unspecified atom stereocenters. The number of hydrogen-bond donors (Lipinski definition) is 3. The summed E-state index contributed by atoms with van der Waals surface area (Å²) in [6, 6.07) is 14.6. The molecule has 0 bridgehead atoms. The fraction of sp³-hybridized carbons (Fsp3) is 0.600. The lowest BCUT2D eigenvalue weighted by Crippen LogP contribution is -2.52. The van der Waals surface area contributed by atoms with Crippen molar-refractivity contribution in [1.82, 2.24) is 14.9 Å². The van der Waals surface area contributed by atoms with E-state index in [-0.39, 0.29) is 43.0 Å². The zero-order chi connectivity index (χ0) is 35.6. The maximum Gasteiger partial charge on any atom is 0.407 e. The Morgan fingerprint density at radius 1 is 1.08 bits per heavy atom. The van der Waals surface area contributed by atoms with E-state index in [0.29, 0.717) is 38.2 Å². The lowest BCUT2D eigenvalue weighted by atomic mass is 9.87. The van der Waals surface area contributed by atoms with Crippen LogP contribution in [0.25, 0.3) is 0 Å². The molecule has 0 spiro atoms. The molecular formula is C35H51N3O10S. The highest BCUT2D eigenvalue weighted by Crippen LogP contribution is 2.33. The van der Waals surface area contributed by atoms with Gasteiger partial charge in [0.1, 0.15) is 11.9 Å². The average molecular weight is 706 g/mol. The van der Waals surface area contributed by atoms with Crippen molar-refractivity contribution in [2.24, 2.45) is 11.3 Å². The normalized spacial score (nSPS) is 20.4. The smallest absolute Gasteiger partial charge is 0.407 e. The maximum absolute atomic E-state index is 14.2. The number of benzene rings is 2. The highest BCUT2D eigenvalue weighted by molar-refractivity contribution is 7.89. The summed E-state index contributed by atoms with van der Waals surface area (Å²) in [5, 5.41) is 17.3. The third-order valence-electron chi connectivity index (χ3n) is 8.63. The zero-order valence-electron chi connectivity index (χ0n) is 29.0. The van der Waals surface area contributed by atoms with E-state index >= 15 is 0 Å². The van der Waals surface area contributed by atoms with Gasteiger partial charge < -0.3 is 39.4 Å². The van der Waals surface area contributed by atoms with Gasteiger partial charge in [-0.15, -0.1) is 0 Å². The molecule has 4 rings (SSSR count). The minimum absolute atomic E-state index is 0.00879. The van der Waals surface area contributed by atoms with Crippen LogP contribution in [-0.4, -0.2) is 101 Å². The van der Waals surface area contributed by atoms with Crippen LogP contribution in [0.4, 0.5) is 9.59 Å². The van der Waals surface area contributed by atoms with Gasteiger partial charge in [0, 0.05) is 25.7 Å². The first-order chi connectivity index (χ1) is 23.3. The summed E-state index contributed by atoms with van der Waals surface area (Å²) in [4.78, 5) is 25.2. The number of nitrogens with zero attached hydrogens (tertiary/aromatic N) is 1. The Hall–Kier alpha value is -3.43. The van der Waals surface area contributed by atoms with Gasteiger partial charge in [0.25, 0.3) is 0 Å². The predicted octanol–water partition coefficient (Wildman–Crippen LogP) is 4.09. The molecule has 0 aromatic heterocycles. The number of ether oxygens (including phenoxy) is 5. The van der Waals surface area contributed by atoms with Crippen LogP contribution in [-0.2, 0) is 35.4 Å². The molecule has 2 aromatic carbocycles. The van der Waals surface area contributed by atoms with Crippen molar-refractivity contribution < 1.29 is 46.8 Å². The number of alkyl carbamates (subject to hydrolysis) is 2. The summed E-state index contributed by atoms with van der Waals surface area (Å²) in [7, 11) is -2.70. The molecule has 0 aliphatic carbocycles. The number of aliphatic hydroxyl groups excluding tert-OH is 1. The summed E-state index contributed by atoms with van der Waals surface area (Å²) in [6.07, 6.45) is -1.63. The van der Waals surface area contributed by atoms with Gasteiger partial charge in [-0.1, -0.05) is 50.2 Å². The van der Waals surface area contributed by atoms with Crippen molar-refractivity contribution in [3.8, 4) is 5.75 Å². The number of sulfonamides is 1. The topological polar surface area (TPSA) is 162 Å².